The summed E-state index contributed by atoms with van der Waals surface area (Å²) in [6, 6.07) is 65.8. The van der Waals surface area contributed by atoms with Crippen LogP contribution in [0.15, 0.2) is 186 Å². The van der Waals surface area contributed by atoms with Gasteiger partial charge in [-0.2, -0.15) is 0 Å². The van der Waals surface area contributed by atoms with Crippen LogP contribution in [0.4, 0.5) is 0 Å². The molecule has 1 spiro atoms. The third-order valence-electron chi connectivity index (χ3n) is 11.8. The fourth-order valence-electron chi connectivity index (χ4n) is 9.59. The summed E-state index contributed by atoms with van der Waals surface area (Å²) >= 11 is 0. The van der Waals surface area contributed by atoms with Crippen molar-refractivity contribution in [1.82, 2.24) is 0 Å². The summed E-state index contributed by atoms with van der Waals surface area (Å²) in [4.78, 5) is 0. The van der Waals surface area contributed by atoms with Crippen molar-refractivity contribution in [3.05, 3.63) is 204 Å². The average molecular weight is 675 g/mol. The predicted octanol–water partition coefficient (Wildman–Crippen LogP) is 13.7. The maximum Gasteiger partial charge on any atom is 0.143 e. The number of hydrogen-bond donors (Lipinski definition) is 0. The van der Waals surface area contributed by atoms with Crippen molar-refractivity contribution >= 4 is 43.5 Å². The van der Waals surface area contributed by atoms with Crippen LogP contribution in [0.1, 0.15) is 22.3 Å². The number of para-hydroxylation sites is 1. The summed E-state index contributed by atoms with van der Waals surface area (Å²) < 4.78 is 13.4. The van der Waals surface area contributed by atoms with Crippen molar-refractivity contribution in [3.8, 4) is 44.9 Å². The molecule has 0 saturated carbocycles. The van der Waals surface area contributed by atoms with Gasteiger partial charge in [0, 0.05) is 27.3 Å². The van der Waals surface area contributed by atoms with Crippen LogP contribution in [-0.4, -0.2) is 0 Å². The normalized spacial score (nSPS) is 13.6. The third kappa shape index (κ3) is 3.77. The molecule has 0 unspecified atom stereocenters. The SMILES string of the molecule is c1ccc2c(c1)Oc1cc(-c3ccc(-c4cccc5oc6c7ccccc7ccc6c45)c4ccccc34)ccc1C21c2ccccc2-c2ccccc21. The Morgan fingerprint density at radius 2 is 0.981 bits per heavy atom. The molecular formula is C51H30O2. The van der Waals surface area contributed by atoms with Gasteiger partial charge in [0.1, 0.15) is 22.7 Å². The Hall–Kier alpha value is -6.90. The van der Waals surface area contributed by atoms with Gasteiger partial charge in [-0.1, -0.05) is 158 Å². The van der Waals surface area contributed by atoms with Crippen LogP contribution in [0.5, 0.6) is 11.5 Å². The van der Waals surface area contributed by atoms with Gasteiger partial charge in [0.25, 0.3) is 0 Å². The maximum atomic E-state index is 6.86. The van der Waals surface area contributed by atoms with Gasteiger partial charge in [0.05, 0.1) is 5.41 Å². The van der Waals surface area contributed by atoms with Gasteiger partial charge in [-0.15, -0.1) is 0 Å². The smallest absolute Gasteiger partial charge is 0.143 e. The Bertz CT molecular complexity index is 3120. The Balaban J connectivity index is 1.07. The Morgan fingerprint density at radius 3 is 1.79 bits per heavy atom. The van der Waals surface area contributed by atoms with E-state index < -0.39 is 5.41 Å². The molecule has 1 aromatic heterocycles. The van der Waals surface area contributed by atoms with E-state index in [9.17, 15) is 0 Å². The molecule has 0 saturated heterocycles. The molecule has 0 atom stereocenters. The highest BCUT2D eigenvalue weighted by Gasteiger charge is 2.50. The van der Waals surface area contributed by atoms with Crippen LogP contribution in [0.2, 0.25) is 0 Å². The monoisotopic (exact) mass is 674 g/mol. The summed E-state index contributed by atoms with van der Waals surface area (Å²) in [6.45, 7) is 0. The number of fused-ring (bicyclic) bond motifs is 15. The molecule has 1 aliphatic heterocycles. The molecular weight excluding hydrogens is 645 g/mol. The molecule has 246 valence electrons. The molecule has 0 bridgehead atoms. The Labute approximate surface area is 306 Å². The zero-order chi connectivity index (χ0) is 34.7. The zero-order valence-electron chi connectivity index (χ0n) is 28.6. The Morgan fingerprint density at radius 1 is 0.358 bits per heavy atom. The highest BCUT2D eigenvalue weighted by atomic mass is 16.5. The summed E-state index contributed by atoms with van der Waals surface area (Å²) in [6.07, 6.45) is 0. The summed E-state index contributed by atoms with van der Waals surface area (Å²) in [5.74, 6) is 1.79. The molecule has 2 aliphatic rings. The van der Waals surface area contributed by atoms with Crippen LogP contribution >= 0.6 is 0 Å². The molecule has 0 radical (unpaired) electrons. The molecule has 9 aromatic carbocycles. The van der Waals surface area contributed by atoms with Gasteiger partial charge in [-0.25, -0.2) is 0 Å². The highest BCUT2D eigenvalue weighted by molar-refractivity contribution is 6.21. The van der Waals surface area contributed by atoms with E-state index in [1.807, 2.05) is 0 Å². The van der Waals surface area contributed by atoms with Crippen molar-refractivity contribution in [2.24, 2.45) is 0 Å². The first-order chi connectivity index (χ1) is 26.3. The fraction of sp³-hybridized carbons (Fsp3) is 0.0196. The van der Waals surface area contributed by atoms with Gasteiger partial charge in [-0.05, 0) is 84.9 Å². The van der Waals surface area contributed by atoms with E-state index >= 15 is 0 Å². The summed E-state index contributed by atoms with van der Waals surface area (Å²) in [5, 5.41) is 7.00. The molecule has 2 nitrogen and oxygen atoms in total. The van der Waals surface area contributed by atoms with Crippen LogP contribution in [0.3, 0.4) is 0 Å². The van der Waals surface area contributed by atoms with Crippen molar-refractivity contribution in [2.45, 2.75) is 5.41 Å². The molecule has 10 aromatic rings. The molecule has 0 fully saturated rings. The molecule has 2 heterocycles. The number of furan rings is 1. The van der Waals surface area contributed by atoms with E-state index in [0.29, 0.717) is 0 Å². The lowest BCUT2D eigenvalue weighted by Gasteiger charge is -2.39. The van der Waals surface area contributed by atoms with Crippen LogP contribution in [-0.2, 0) is 5.41 Å². The largest absolute Gasteiger partial charge is 0.457 e. The van der Waals surface area contributed by atoms with E-state index in [2.05, 4.69) is 182 Å². The lowest BCUT2D eigenvalue weighted by molar-refractivity contribution is 0.436. The minimum atomic E-state index is -0.473. The maximum absolute atomic E-state index is 6.86. The number of hydrogen-bond acceptors (Lipinski definition) is 2. The quantitative estimate of drug-likeness (QED) is 0.182. The van der Waals surface area contributed by atoms with Gasteiger partial charge < -0.3 is 9.15 Å². The van der Waals surface area contributed by atoms with Gasteiger partial charge in [0.2, 0.25) is 0 Å². The van der Waals surface area contributed by atoms with Crippen molar-refractivity contribution in [3.63, 3.8) is 0 Å². The second kappa shape index (κ2) is 10.6. The lowest BCUT2D eigenvalue weighted by Crippen LogP contribution is -2.32. The molecule has 12 rings (SSSR count). The van der Waals surface area contributed by atoms with Crippen molar-refractivity contribution in [1.29, 1.82) is 0 Å². The van der Waals surface area contributed by atoms with E-state index in [4.69, 9.17) is 9.15 Å². The minimum Gasteiger partial charge on any atom is -0.457 e. The number of rotatable bonds is 2. The van der Waals surface area contributed by atoms with E-state index in [0.717, 1.165) is 44.4 Å². The van der Waals surface area contributed by atoms with Crippen LogP contribution < -0.4 is 4.74 Å². The second-order valence-corrected chi connectivity index (χ2v) is 14.3. The van der Waals surface area contributed by atoms with Gasteiger partial charge in [0.15, 0.2) is 0 Å². The van der Waals surface area contributed by atoms with Crippen LogP contribution in [0, 0.1) is 0 Å². The minimum absolute atomic E-state index is 0.473. The first kappa shape index (κ1) is 28.8. The average Bonchev–Trinajstić information content (AvgIpc) is 3.75. The number of ether oxygens (including phenoxy) is 1. The standard InChI is InChI=1S/C51H30O2/c1-2-13-34-31(12-1)24-26-41-49-40(18-11-23-47(49)53-50(34)41)37-28-27-33(35-14-3-4-15-36(35)37)32-25-29-45-48(30-32)52-46-22-10-9-21-44(46)51(45)42-19-7-5-16-38(42)39-17-6-8-20-43(39)51/h1-30H. The molecule has 53 heavy (non-hydrogen) atoms. The van der Waals surface area contributed by atoms with Crippen molar-refractivity contribution < 1.29 is 9.15 Å². The second-order valence-electron chi connectivity index (χ2n) is 14.3. The predicted molar refractivity (Wildman–Crippen MR) is 217 cm³/mol. The van der Waals surface area contributed by atoms with Gasteiger partial charge >= 0.3 is 0 Å². The first-order valence-electron chi connectivity index (χ1n) is 18.3. The topological polar surface area (TPSA) is 22.4 Å². The Kier molecular flexibility index (Phi) is 5.73. The number of benzene rings is 9. The lowest BCUT2D eigenvalue weighted by atomic mass is 9.66. The van der Waals surface area contributed by atoms with Gasteiger partial charge in [-0.3, -0.25) is 0 Å². The zero-order valence-corrected chi connectivity index (χ0v) is 28.6. The van der Waals surface area contributed by atoms with E-state index in [1.165, 1.54) is 66.2 Å². The van der Waals surface area contributed by atoms with E-state index in [1.54, 1.807) is 0 Å². The fourth-order valence-corrected chi connectivity index (χ4v) is 9.59. The van der Waals surface area contributed by atoms with Crippen LogP contribution in [0.25, 0.3) is 76.9 Å². The van der Waals surface area contributed by atoms with E-state index in [-0.39, 0.29) is 0 Å². The highest BCUT2D eigenvalue weighted by Crippen LogP contribution is 2.62. The third-order valence-corrected chi connectivity index (χ3v) is 11.8. The van der Waals surface area contributed by atoms with Crippen molar-refractivity contribution in [2.75, 3.05) is 0 Å². The summed E-state index contributed by atoms with van der Waals surface area (Å²) in [5.41, 5.74) is 13.5. The first-order valence-corrected chi connectivity index (χ1v) is 18.3. The summed E-state index contributed by atoms with van der Waals surface area (Å²) in [7, 11) is 0. The molecule has 0 amide bonds. The molecule has 2 heteroatoms. The molecule has 1 aliphatic carbocycles. The molecule has 0 N–H and O–H groups in total.